The van der Waals surface area contributed by atoms with Crippen molar-refractivity contribution in [2.45, 2.75) is 45.4 Å². The van der Waals surface area contributed by atoms with Crippen LogP contribution in [-0.4, -0.2) is 77.0 Å². The number of rotatable bonds is 5. The summed E-state index contributed by atoms with van der Waals surface area (Å²) >= 11 is 0. The zero-order valence-corrected chi connectivity index (χ0v) is 19.4. The molecule has 4 heterocycles. The van der Waals surface area contributed by atoms with Gasteiger partial charge in [0.1, 0.15) is 11.3 Å². The summed E-state index contributed by atoms with van der Waals surface area (Å²) in [4.78, 5) is 41.4. The van der Waals surface area contributed by atoms with Crippen LogP contribution in [0.15, 0.2) is 16.8 Å². The van der Waals surface area contributed by atoms with Crippen molar-refractivity contribution in [2.75, 3.05) is 45.2 Å². The smallest absolute Gasteiger partial charge is 0.259 e. The van der Waals surface area contributed by atoms with Crippen LogP contribution in [0.1, 0.15) is 59.6 Å². The third kappa shape index (κ3) is 4.20. The number of carbonyl (C=O) groups is 2. The number of aromatic nitrogens is 3. The van der Waals surface area contributed by atoms with Gasteiger partial charge in [0.15, 0.2) is 0 Å². The number of anilines is 1. The van der Waals surface area contributed by atoms with Crippen molar-refractivity contribution in [3.63, 3.8) is 0 Å². The van der Waals surface area contributed by atoms with Gasteiger partial charge < -0.3 is 19.2 Å². The lowest BCUT2D eigenvalue weighted by molar-refractivity contribution is -0.132. The molecule has 4 rings (SSSR count). The molecule has 2 aliphatic rings. The molecule has 2 fully saturated rings. The van der Waals surface area contributed by atoms with Gasteiger partial charge in [-0.1, -0.05) is 12.1 Å². The number of aryl methyl sites for hydroxylation is 2. The van der Waals surface area contributed by atoms with Crippen LogP contribution >= 0.6 is 0 Å². The van der Waals surface area contributed by atoms with E-state index in [0.717, 1.165) is 31.6 Å². The molecule has 0 spiro atoms. The molecular weight excluding hydrogens is 408 g/mol. The maximum atomic E-state index is 13.4. The molecule has 0 radical (unpaired) electrons. The standard InChI is InChI=1S/C23H32N6O3/c1-5-19-20(15(2)26-32-19)22(31)29-13-16(17(14-29)21(30)27(3)4)18-9-10-24-23(25-18)28-11-7-6-8-12-28/h9-10,16-17H,5-8,11-14H2,1-4H3/t16-,17-/m0/s1. The van der Waals surface area contributed by atoms with Crippen LogP contribution in [0.2, 0.25) is 0 Å². The van der Waals surface area contributed by atoms with Gasteiger partial charge in [-0.3, -0.25) is 9.59 Å². The van der Waals surface area contributed by atoms with Crippen LogP contribution in [0.3, 0.4) is 0 Å². The quantitative estimate of drug-likeness (QED) is 0.704. The largest absolute Gasteiger partial charge is 0.360 e. The molecule has 32 heavy (non-hydrogen) atoms. The first-order valence-corrected chi connectivity index (χ1v) is 11.4. The van der Waals surface area contributed by atoms with Gasteiger partial charge in [-0.25, -0.2) is 9.97 Å². The fourth-order valence-electron chi connectivity index (χ4n) is 4.76. The van der Waals surface area contributed by atoms with Crippen LogP contribution in [-0.2, 0) is 11.2 Å². The Morgan fingerprint density at radius 3 is 2.62 bits per heavy atom. The number of piperidine rings is 1. The molecule has 9 nitrogen and oxygen atoms in total. The van der Waals surface area contributed by atoms with Crippen molar-refractivity contribution in [2.24, 2.45) is 5.92 Å². The Balaban J connectivity index is 1.63. The summed E-state index contributed by atoms with van der Waals surface area (Å²) in [6.45, 7) is 6.38. The Morgan fingerprint density at radius 1 is 1.19 bits per heavy atom. The molecule has 2 atom stereocenters. The van der Waals surface area contributed by atoms with E-state index in [1.54, 1.807) is 37.0 Å². The van der Waals surface area contributed by atoms with Gasteiger partial charge in [0.05, 0.1) is 17.3 Å². The lowest BCUT2D eigenvalue weighted by atomic mass is 9.91. The Bertz CT molecular complexity index is 982. The summed E-state index contributed by atoms with van der Waals surface area (Å²) in [5, 5.41) is 3.98. The van der Waals surface area contributed by atoms with Gasteiger partial charge in [-0.2, -0.15) is 0 Å². The predicted molar refractivity (Wildman–Crippen MR) is 120 cm³/mol. The van der Waals surface area contributed by atoms with Crippen molar-refractivity contribution in [1.82, 2.24) is 24.9 Å². The highest BCUT2D eigenvalue weighted by Gasteiger charge is 2.43. The molecule has 0 saturated carbocycles. The molecule has 0 N–H and O–H groups in total. The zero-order chi connectivity index (χ0) is 22.8. The number of likely N-dealkylation sites (tertiary alicyclic amines) is 1. The van der Waals surface area contributed by atoms with E-state index in [1.807, 2.05) is 13.0 Å². The average molecular weight is 441 g/mol. The van der Waals surface area contributed by atoms with E-state index in [-0.39, 0.29) is 23.7 Å². The van der Waals surface area contributed by atoms with Crippen LogP contribution in [0.25, 0.3) is 0 Å². The number of nitrogens with zero attached hydrogens (tertiary/aromatic N) is 6. The first-order valence-electron chi connectivity index (χ1n) is 11.4. The minimum absolute atomic E-state index is 0.00110. The minimum atomic E-state index is -0.358. The Labute approximate surface area is 188 Å². The first kappa shape index (κ1) is 22.2. The summed E-state index contributed by atoms with van der Waals surface area (Å²) in [6, 6.07) is 1.88. The van der Waals surface area contributed by atoms with Crippen molar-refractivity contribution in [3.8, 4) is 0 Å². The maximum Gasteiger partial charge on any atom is 0.259 e. The van der Waals surface area contributed by atoms with E-state index in [0.29, 0.717) is 42.5 Å². The van der Waals surface area contributed by atoms with Crippen molar-refractivity contribution in [1.29, 1.82) is 0 Å². The van der Waals surface area contributed by atoms with Gasteiger partial charge in [0.2, 0.25) is 11.9 Å². The van der Waals surface area contributed by atoms with E-state index in [2.05, 4.69) is 15.0 Å². The molecule has 9 heteroatoms. The van der Waals surface area contributed by atoms with Crippen LogP contribution in [0.4, 0.5) is 5.95 Å². The monoisotopic (exact) mass is 440 g/mol. The highest BCUT2D eigenvalue weighted by Crippen LogP contribution is 2.35. The highest BCUT2D eigenvalue weighted by molar-refractivity contribution is 5.97. The second-order valence-corrected chi connectivity index (χ2v) is 8.90. The fourth-order valence-corrected chi connectivity index (χ4v) is 4.76. The van der Waals surface area contributed by atoms with Gasteiger partial charge >= 0.3 is 0 Å². The SMILES string of the molecule is CCc1onc(C)c1C(=O)N1C[C@H](C(=O)N(C)C)[C@@H](c2ccnc(N3CCCCC3)n2)C1. The van der Waals surface area contributed by atoms with E-state index >= 15 is 0 Å². The fraction of sp³-hybridized carbons (Fsp3) is 0.609. The number of carbonyl (C=O) groups excluding carboxylic acids is 2. The van der Waals surface area contributed by atoms with Crippen LogP contribution in [0, 0.1) is 12.8 Å². The third-order valence-electron chi connectivity index (χ3n) is 6.52. The first-order chi connectivity index (χ1) is 15.4. The van der Waals surface area contributed by atoms with Gasteiger partial charge in [0, 0.05) is 58.8 Å². The summed E-state index contributed by atoms with van der Waals surface area (Å²) in [6.07, 6.45) is 5.87. The van der Waals surface area contributed by atoms with E-state index < -0.39 is 0 Å². The molecule has 172 valence electrons. The van der Waals surface area contributed by atoms with Crippen LogP contribution < -0.4 is 4.90 Å². The second-order valence-electron chi connectivity index (χ2n) is 8.90. The second kappa shape index (κ2) is 9.26. The van der Waals surface area contributed by atoms with E-state index in [4.69, 9.17) is 9.51 Å². The molecule has 2 aromatic rings. The summed E-state index contributed by atoms with van der Waals surface area (Å²) in [5.74, 6) is 0.618. The Hall–Kier alpha value is -2.97. The molecule has 0 bridgehead atoms. The lowest BCUT2D eigenvalue weighted by Gasteiger charge is -2.27. The number of hydrogen-bond acceptors (Lipinski definition) is 7. The normalized spacial score (nSPS) is 21.1. The topological polar surface area (TPSA) is 95.7 Å². The Kier molecular flexibility index (Phi) is 6.43. The van der Waals surface area contributed by atoms with Crippen molar-refractivity contribution < 1.29 is 14.1 Å². The van der Waals surface area contributed by atoms with Gasteiger partial charge in [0.25, 0.3) is 5.91 Å². The number of amides is 2. The molecule has 2 aliphatic heterocycles. The van der Waals surface area contributed by atoms with E-state index in [9.17, 15) is 9.59 Å². The summed E-state index contributed by atoms with van der Waals surface area (Å²) < 4.78 is 5.33. The van der Waals surface area contributed by atoms with Gasteiger partial charge in [-0.05, 0) is 32.3 Å². The Morgan fingerprint density at radius 2 is 1.94 bits per heavy atom. The third-order valence-corrected chi connectivity index (χ3v) is 6.52. The van der Waals surface area contributed by atoms with Gasteiger partial charge in [-0.15, -0.1) is 0 Å². The van der Waals surface area contributed by atoms with E-state index in [1.165, 1.54) is 6.42 Å². The highest BCUT2D eigenvalue weighted by atomic mass is 16.5. The predicted octanol–water partition coefficient (Wildman–Crippen LogP) is 2.27. The van der Waals surface area contributed by atoms with Crippen LogP contribution in [0.5, 0.6) is 0 Å². The maximum absolute atomic E-state index is 13.4. The van der Waals surface area contributed by atoms with Crippen molar-refractivity contribution >= 4 is 17.8 Å². The average Bonchev–Trinajstić information content (AvgIpc) is 3.42. The molecule has 0 unspecified atom stereocenters. The molecule has 2 saturated heterocycles. The zero-order valence-electron chi connectivity index (χ0n) is 19.4. The summed E-state index contributed by atoms with van der Waals surface area (Å²) in [5.41, 5.74) is 1.91. The molecule has 0 aromatic carbocycles. The minimum Gasteiger partial charge on any atom is -0.360 e. The molecule has 2 aromatic heterocycles. The lowest BCUT2D eigenvalue weighted by Crippen LogP contribution is -2.35. The molecule has 0 aliphatic carbocycles. The van der Waals surface area contributed by atoms with Crippen molar-refractivity contribution in [3.05, 3.63) is 35.0 Å². The molecule has 2 amide bonds. The molecular formula is C23H32N6O3. The summed E-state index contributed by atoms with van der Waals surface area (Å²) in [7, 11) is 3.50. The number of hydrogen-bond donors (Lipinski definition) is 0.